The molecule has 5 N–H and O–H groups in total. The van der Waals surface area contributed by atoms with Crippen LogP contribution in [0.4, 0.5) is 8.78 Å². The number of carbonyl (C=O) groups is 1. The average Bonchev–Trinajstić information content (AvgIpc) is 2.94. The van der Waals surface area contributed by atoms with E-state index in [1.54, 1.807) is 44.4 Å². The fourth-order valence-corrected chi connectivity index (χ4v) is 4.02. The summed E-state index contributed by atoms with van der Waals surface area (Å²) in [6.07, 6.45) is 1.26. The summed E-state index contributed by atoms with van der Waals surface area (Å²) in [6, 6.07) is 13.4. The van der Waals surface area contributed by atoms with E-state index in [1.165, 1.54) is 18.2 Å². The maximum absolute atomic E-state index is 15.2. The van der Waals surface area contributed by atoms with Crippen molar-refractivity contribution in [3.63, 3.8) is 0 Å². The molecule has 1 heterocycles. The fraction of sp³-hybridized carbons (Fsp3) is 0.211. The van der Waals surface area contributed by atoms with Crippen molar-refractivity contribution in [2.45, 2.75) is 16.4 Å². The number of primary amides is 1. The summed E-state index contributed by atoms with van der Waals surface area (Å²) in [4.78, 5) is 11.5. The zero-order chi connectivity index (χ0) is 21.7. The van der Waals surface area contributed by atoms with Crippen LogP contribution in [0, 0.1) is 0 Å². The number of nitrogens with zero attached hydrogens (tertiary/aromatic N) is 1. The molecule has 0 fully saturated rings. The van der Waals surface area contributed by atoms with Crippen molar-refractivity contribution < 1.29 is 26.6 Å². The molecule has 3 rings (SSSR count). The highest BCUT2D eigenvalue weighted by Crippen LogP contribution is 2.47. The highest BCUT2D eigenvalue weighted by Gasteiger charge is 2.65. The second-order valence-corrected chi connectivity index (χ2v) is 8.84. The predicted octanol–water partition coefficient (Wildman–Crippen LogP) is 1.29. The van der Waals surface area contributed by atoms with Gasteiger partial charge < -0.3 is 5.73 Å². The Labute approximate surface area is 167 Å². The first-order valence-corrected chi connectivity index (χ1v) is 10.1. The number of hydrogen-bond acceptors (Lipinski definition) is 4. The molecule has 0 saturated heterocycles. The van der Waals surface area contributed by atoms with Crippen LogP contribution in [0.5, 0.6) is 0 Å². The zero-order valence-electron chi connectivity index (χ0n) is 15.8. The number of nitrogens with two attached hydrogens (primary N) is 2. The molecule has 10 heteroatoms. The Morgan fingerprint density at radius 1 is 1.07 bits per heavy atom. The molecule has 2 aromatic carbocycles. The molecule has 1 aliphatic rings. The predicted molar refractivity (Wildman–Crippen MR) is 103 cm³/mol. The van der Waals surface area contributed by atoms with Gasteiger partial charge in [0.15, 0.2) is 11.2 Å². The van der Waals surface area contributed by atoms with Crippen molar-refractivity contribution in [3.05, 3.63) is 71.8 Å². The molecule has 7 nitrogen and oxygen atoms in total. The normalized spacial score (nSPS) is 21.6. The molecular formula is C19H21F2N4O3S+. The number of quaternary nitrogens is 1. The van der Waals surface area contributed by atoms with Gasteiger partial charge in [-0.3, -0.25) is 4.79 Å². The Balaban J connectivity index is 2.27. The summed E-state index contributed by atoms with van der Waals surface area (Å²) in [6.45, 7) is 0. The number of rotatable bonds is 5. The van der Waals surface area contributed by atoms with Crippen molar-refractivity contribution in [2.24, 2.45) is 10.9 Å². The Morgan fingerprint density at radius 3 is 2.10 bits per heavy atom. The van der Waals surface area contributed by atoms with Crippen LogP contribution in [-0.4, -0.2) is 38.9 Å². The lowest BCUT2D eigenvalue weighted by Gasteiger charge is -2.37. The van der Waals surface area contributed by atoms with Crippen LogP contribution in [0.15, 0.2) is 65.6 Å². The zero-order valence-corrected chi connectivity index (χ0v) is 16.6. The maximum atomic E-state index is 15.2. The van der Waals surface area contributed by atoms with E-state index in [0.29, 0.717) is 11.3 Å². The summed E-state index contributed by atoms with van der Waals surface area (Å²) in [7, 11) is -0.712. The van der Waals surface area contributed by atoms with E-state index in [1.807, 2.05) is 0 Å². The molecular weight excluding hydrogens is 402 g/mol. The van der Waals surface area contributed by atoms with Crippen LogP contribution >= 0.6 is 0 Å². The van der Waals surface area contributed by atoms with Crippen LogP contribution in [0.1, 0.15) is 11.1 Å². The molecule has 0 bridgehead atoms. The standard InChI is InChI=1S/C19H20F2N4O3S/c1-25(2)16(13-6-4-3-5-7-13)12-18(24-25,19(20,21)17(22)26)14-8-10-15(11-9-14)29(23,27)28/h3-12,24H,1-2H3,(H3-,22,23,26,27,28)/p+1. The summed E-state index contributed by atoms with van der Waals surface area (Å²) in [5.74, 6) is -5.84. The monoisotopic (exact) mass is 423 g/mol. The summed E-state index contributed by atoms with van der Waals surface area (Å²) in [5.41, 5.74) is 6.69. The molecule has 154 valence electrons. The van der Waals surface area contributed by atoms with E-state index in [9.17, 15) is 13.2 Å². The molecule has 1 amide bonds. The summed E-state index contributed by atoms with van der Waals surface area (Å²) < 4.78 is 53.3. The smallest absolute Gasteiger partial charge is 0.354 e. The van der Waals surface area contributed by atoms with Gasteiger partial charge >= 0.3 is 5.92 Å². The van der Waals surface area contributed by atoms with Gasteiger partial charge in [-0.1, -0.05) is 30.3 Å². The van der Waals surface area contributed by atoms with Gasteiger partial charge in [-0.15, -0.1) is 5.43 Å². The molecule has 0 saturated carbocycles. The van der Waals surface area contributed by atoms with Crippen LogP contribution in [0.25, 0.3) is 5.70 Å². The fourth-order valence-electron chi connectivity index (χ4n) is 3.51. The molecule has 0 aliphatic carbocycles. The number of carbonyl (C=O) groups excluding carboxylic acids is 1. The molecule has 2 aromatic rings. The van der Waals surface area contributed by atoms with Crippen LogP contribution < -0.4 is 16.3 Å². The minimum Gasteiger partial charge on any atom is -0.364 e. The van der Waals surface area contributed by atoms with E-state index in [-0.39, 0.29) is 15.1 Å². The van der Waals surface area contributed by atoms with Crippen molar-refractivity contribution in [2.75, 3.05) is 14.1 Å². The number of nitrogens with one attached hydrogen (secondary N) is 1. The molecule has 1 atom stereocenters. The second kappa shape index (κ2) is 6.70. The first kappa shape index (κ1) is 21.1. The van der Waals surface area contributed by atoms with Gasteiger partial charge in [0.1, 0.15) is 0 Å². The summed E-state index contributed by atoms with van der Waals surface area (Å²) in [5, 5.41) is 5.09. The molecule has 1 unspecified atom stereocenters. The number of halogens is 2. The van der Waals surface area contributed by atoms with Crippen LogP contribution in [-0.2, 0) is 20.4 Å². The lowest BCUT2D eigenvalue weighted by Crippen LogP contribution is -2.64. The Hall–Kier alpha value is -2.66. The summed E-state index contributed by atoms with van der Waals surface area (Å²) >= 11 is 0. The number of primary sulfonamides is 1. The van der Waals surface area contributed by atoms with Gasteiger partial charge in [0, 0.05) is 11.6 Å². The first-order valence-electron chi connectivity index (χ1n) is 8.54. The third-order valence-corrected chi connectivity index (χ3v) is 5.85. The number of alkyl halides is 2. The van der Waals surface area contributed by atoms with Gasteiger partial charge in [0.05, 0.1) is 19.0 Å². The van der Waals surface area contributed by atoms with Gasteiger partial charge in [-0.2, -0.15) is 8.78 Å². The van der Waals surface area contributed by atoms with E-state index >= 15 is 8.78 Å². The molecule has 1 aliphatic heterocycles. The number of sulfonamides is 1. The number of amides is 1. The largest absolute Gasteiger partial charge is 0.364 e. The molecule has 0 radical (unpaired) electrons. The maximum Gasteiger partial charge on any atom is 0.354 e. The van der Waals surface area contributed by atoms with Gasteiger partial charge in [-0.05, 0) is 29.8 Å². The number of benzene rings is 2. The third-order valence-electron chi connectivity index (χ3n) is 4.92. The van der Waals surface area contributed by atoms with Crippen molar-refractivity contribution in [1.29, 1.82) is 0 Å². The van der Waals surface area contributed by atoms with E-state index < -0.39 is 27.4 Å². The van der Waals surface area contributed by atoms with Crippen molar-refractivity contribution in [3.8, 4) is 0 Å². The van der Waals surface area contributed by atoms with Gasteiger partial charge in [0.2, 0.25) is 10.0 Å². The molecule has 0 aromatic heterocycles. The Bertz CT molecular complexity index is 1080. The van der Waals surface area contributed by atoms with Crippen LogP contribution in [0.3, 0.4) is 0 Å². The van der Waals surface area contributed by atoms with Crippen LogP contribution in [0.2, 0.25) is 0 Å². The van der Waals surface area contributed by atoms with E-state index in [4.69, 9.17) is 10.9 Å². The van der Waals surface area contributed by atoms with E-state index in [2.05, 4.69) is 5.43 Å². The van der Waals surface area contributed by atoms with Gasteiger partial charge in [0.25, 0.3) is 5.91 Å². The van der Waals surface area contributed by atoms with Crippen molar-refractivity contribution >= 4 is 21.6 Å². The molecule has 0 spiro atoms. The van der Waals surface area contributed by atoms with Gasteiger partial charge in [-0.25, -0.2) is 18.1 Å². The Morgan fingerprint density at radius 2 is 1.62 bits per heavy atom. The third kappa shape index (κ3) is 3.44. The Kier molecular flexibility index (Phi) is 4.86. The van der Waals surface area contributed by atoms with Crippen molar-refractivity contribution in [1.82, 2.24) is 5.43 Å². The highest BCUT2D eigenvalue weighted by molar-refractivity contribution is 7.89. The topological polar surface area (TPSA) is 115 Å². The minimum absolute atomic E-state index is 0.0363. The quantitative estimate of drug-likeness (QED) is 0.629. The lowest BCUT2D eigenvalue weighted by molar-refractivity contribution is -0.867. The number of hydrogen-bond donors (Lipinski definition) is 3. The van der Waals surface area contributed by atoms with E-state index in [0.717, 1.165) is 12.1 Å². The second-order valence-electron chi connectivity index (χ2n) is 7.28. The minimum atomic E-state index is -4.03. The SMILES string of the molecule is C[N+]1(C)NC(c2ccc(S(N)(=O)=O)cc2)(C(F)(F)C(N)=O)C=C1c1ccccc1. The lowest BCUT2D eigenvalue weighted by atomic mass is 9.83. The highest BCUT2D eigenvalue weighted by atomic mass is 32.2. The first-order chi connectivity index (χ1) is 13.3. The average molecular weight is 423 g/mol. The molecule has 29 heavy (non-hydrogen) atoms.